The van der Waals surface area contributed by atoms with Gasteiger partial charge in [-0.3, -0.25) is 9.10 Å². The number of nitrogens with one attached hydrogen (secondary N) is 1. The highest BCUT2D eigenvalue weighted by Crippen LogP contribution is 2.38. The van der Waals surface area contributed by atoms with E-state index in [1.807, 2.05) is 25.1 Å². The molecule has 1 atom stereocenters. The highest BCUT2D eigenvalue weighted by atomic mass is 35.5. The van der Waals surface area contributed by atoms with Crippen molar-refractivity contribution in [3.63, 3.8) is 0 Å². The second kappa shape index (κ2) is 10.8. The Morgan fingerprint density at radius 2 is 1.82 bits per heavy atom. The number of carbonyl (C=O) groups is 2. The summed E-state index contributed by atoms with van der Waals surface area (Å²) in [5, 5.41) is 5.41. The third-order valence-corrected chi connectivity index (χ3v) is 9.52. The fourth-order valence-electron chi connectivity index (χ4n) is 4.69. The van der Waals surface area contributed by atoms with Crippen molar-refractivity contribution < 1.29 is 22.7 Å². The number of thiophene rings is 1. The van der Waals surface area contributed by atoms with Crippen LogP contribution in [0.15, 0.2) is 83.1 Å². The maximum atomic E-state index is 13.7. The van der Waals surface area contributed by atoms with Crippen LogP contribution in [-0.2, 0) is 21.2 Å². The van der Waals surface area contributed by atoms with E-state index in [1.165, 1.54) is 39.9 Å². The van der Waals surface area contributed by atoms with Gasteiger partial charge in [-0.25, -0.2) is 13.2 Å². The minimum atomic E-state index is -3.92. The van der Waals surface area contributed by atoms with Gasteiger partial charge in [-0.1, -0.05) is 48.0 Å². The van der Waals surface area contributed by atoms with Crippen molar-refractivity contribution in [1.29, 1.82) is 0 Å². The number of halogens is 1. The summed E-state index contributed by atoms with van der Waals surface area (Å²) in [5.74, 6) is -1.12. The number of fused-ring (bicyclic) bond motifs is 1. The van der Waals surface area contributed by atoms with Crippen LogP contribution in [0.3, 0.4) is 0 Å². The molecule has 0 fully saturated rings. The number of para-hydroxylation sites is 1. The Kier molecular flexibility index (Phi) is 7.48. The van der Waals surface area contributed by atoms with Gasteiger partial charge in [-0.05, 0) is 67.8 Å². The number of hydrogen-bond acceptors (Lipinski definition) is 6. The van der Waals surface area contributed by atoms with Crippen LogP contribution in [-0.4, -0.2) is 32.9 Å². The smallest absolute Gasteiger partial charge is 0.341 e. The number of sulfonamides is 1. The summed E-state index contributed by atoms with van der Waals surface area (Å²) in [4.78, 5) is 26.2. The zero-order chi connectivity index (χ0) is 27.7. The summed E-state index contributed by atoms with van der Waals surface area (Å²) in [6.45, 7) is 3.73. The van der Waals surface area contributed by atoms with Crippen molar-refractivity contribution >= 4 is 55.5 Å². The summed E-state index contributed by atoms with van der Waals surface area (Å²) < 4.78 is 34.0. The Hall–Kier alpha value is -3.66. The number of ether oxygens (including phenoxy) is 1. The molecule has 0 unspecified atom stereocenters. The van der Waals surface area contributed by atoms with Gasteiger partial charge in [0.1, 0.15) is 10.6 Å². The topological polar surface area (TPSA) is 92.8 Å². The van der Waals surface area contributed by atoms with E-state index in [9.17, 15) is 18.0 Å². The lowest BCUT2D eigenvalue weighted by Crippen LogP contribution is -2.35. The number of rotatable bonds is 7. The van der Waals surface area contributed by atoms with Gasteiger partial charge in [0.15, 0.2) is 0 Å². The van der Waals surface area contributed by atoms with Crippen molar-refractivity contribution in [3.8, 4) is 11.1 Å². The largest absolute Gasteiger partial charge is 0.462 e. The van der Waals surface area contributed by atoms with Crippen LogP contribution >= 0.6 is 22.9 Å². The number of carbonyl (C=O) groups excluding carboxylic acids is 2. The first-order valence-corrected chi connectivity index (χ1v) is 15.0. The molecule has 1 aliphatic heterocycles. The van der Waals surface area contributed by atoms with E-state index in [1.54, 1.807) is 42.6 Å². The maximum absolute atomic E-state index is 13.7. The molecule has 2 heterocycles. The Balaban J connectivity index is 1.46. The molecule has 1 aliphatic rings. The number of hydrogen-bond donors (Lipinski definition) is 1. The number of nitrogens with zero attached hydrogens (tertiary/aromatic N) is 1. The van der Waals surface area contributed by atoms with Crippen LogP contribution in [0.25, 0.3) is 11.1 Å². The lowest BCUT2D eigenvalue weighted by molar-refractivity contribution is 0.0529. The van der Waals surface area contributed by atoms with Crippen molar-refractivity contribution in [2.24, 2.45) is 0 Å². The quantitative estimate of drug-likeness (QED) is 0.247. The molecule has 0 saturated heterocycles. The summed E-state index contributed by atoms with van der Waals surface area (Å²) >= 11 is 7.20. The Morgan fingerprint density at radius 3 is 2.56 bits per heavy atom. The maximum Gasteiger partial charge on any atom is 0.341 e. The fraction of sp³-hybridized carbons (Fsp3) is 0.172. The van der Waals surface area contributed by atoms with Gasteiger partial charge >= 0.3 is 5.97 Å². The second-order valence-electron chi connectivity index (χ2n) is 9.05. The third-order valence-electron chi connectivity index (χ3n) is 6.45. The van der Waals surface area contributed by atoms with Gasteiger partial charge in [0.25, 0.3) is 15.9 Å². The molecule has 1 amide bonds. The van der Waals surface area contributed by atoms with Crippen molar-refractivity contribution in [3.05, 3.63) is 99.9 Å². The first-order chi connectivity index (χ1) is 18.7. The lowest BCUT2D eigenvalue weighted by atomic mass is 10.0. The van der Waals surface area contributed by atoms with Crippen molar-refractivity contribution in [2.45, 2.75) is 31.2 Å². The van der Waals surface area contributed by atoms with Gasteiger partial charge in [0.2, 0.25) is 0 Å². The van der Waals surface area contributed by atoms with E-state index < -0.39 is 21.9 Å². The molecule has 0 saturated carbocycles. The molecule has 10 heteroatoms. The van der Waals surface area contributed by atoms with Crippen LogP contribution in [0.2, 0.25) is 5.02 Å². The molecule has 200 valence electrons. The van der Waals surface area contributed by atoms with Crippen LogP contribution in [0.5, 0.6) is 0 Å². The van der Waals surface area contributed by atoms with Gasteiger partial charge < -0.3 is 10.1 Å². The summed E-state index contributed by atoms with van der Waals surface area (Å²) in [5.41, 5.74) is 3.32. The van der Waals surface area contributed by atoms with E-state index >= 15 is 0 Å². The molecule has 7 nitrogen and oxygen atoms in total. The standard InChI is InChI=1S/C29H25ClN2O5S2/c1-3-37-29(34)26-24(19-11-13-22(30)14-12-19)17-38-28(26)31-27(33)21-8-6-9-23(16-21)39(35,36)32-18(2)15-20-7-4-5-10-25(20)32/h4-14,16-18H,3,15H2,1-2H3,(H,31,33)/t18-/m0/s1. The van der Waals surface area contributed by atoms with Crippen molar-refractivity contribution in [1.82, 2.24) is 0 Å². The highest BCUT2D eigenvalue weighted by Gasteiger charge is 2.36. The molecule has 0 bridgehead atoms. The van der Waals surface area contributed by atoms with Gasteiger partial charge in [-0.2, -0.15) is 0 Å². The molecule has 0 radical (unpaired) electrons. The first-order valence-electron chi connectivity index (χ1n) is 12.3. The monoisotopic (exact) mass is 580 g/mol. The molecular formula is C29H25ClN2O5S2. The molecule has 4 aromatic rings. The van der Waals surface area contributed by atoms with Gasteiger partial charge in [-0.15, -0.1) is 11.3 Å². The minimum Gasteiger partial charge on any atom is -0.462 e. The summed E-state index contributed by atoms with van der Waals surface area (Å²) in [7, 11) is -3.92. The average molecular weight is 581 g/mol. The lowest BCUT2D eigenvalue weighted by Gasteiger charge is -2.24. The van der Waals surface area contributed by atoms with E-state index in [2.05, 4.69) is 5.32 Å². The first kappa shape index (κ1) is 26.9. The predicted octanol–water partition coefficient (Wildman–Crippen LogP) is 6.64. The number of anilines is 2. The average Bonchev–Trinajstić information content (AvgIpc) is 3.49. The highest BCUT2D eigenvalue weighted by molar-refractivity contribution is 7.92. The fourth-order valence-corrected chi connectivity index (χ4v) is 7.51. The van der Waals surface area contributed by atoms with Crippen molar-refractivity contribution in [2.75, 3.05) is 16.2 Å². The zero-order valence-electron chi connectivity index (χ0n) is 21.2. The molecular weight excluding hydrogens is 556 g/mol. The molecule has 5 rings (SSSR count). The van der Waals surface area contributed by atoms with Crippen LogP contribution in [0, 0.1) is 0 Å². The van der Waals surface area contributed by atoms with Gasteiger partial charge in [0.05, 0.1) is 17.2 Å². The van der Waals surface area contributed by atoms with Crippen LogP contribution < -0.4 is 9.62 Å². The number of esters is 1. The van der Waals surface area contributed by atoms with E-state index in [0.717, 1.165) is 11.1 Å². The Labute approximate surface area is 236 Å². The normalized spacial score (nSPS) is 14.6. The van der Waals surface area contributed by atoms with E-state index in [-0.39, 0.29) is 28.7 Å². The zero-order valence-corrected chi connectivity index (χ0v) is 23.6. The molecule has 1 aromatic heterocycles. The molecule has 0 spiro atoms. The van der Waals surface area contributed by atoms with Gasteiger partial charge in [0, 0.05) is 27.6 Å². The molecule has 1 N–H and O–H groups in total. The van der Waals surface area contributed by atoms with Crippen LogP contribution in [0.1, 0.15) is 40.1 Å². The number of amides is 1. The third kappa shape index (κ3) is 5.17. The summed E-state index contributed by atoms with van der Waals surface area (Å²) in [6.07, 6.45) is 0.612. The molecule has 3 aromatic carbocycles. The van der Waals surface area contributed by atoms with Crippen LogP contribution in [0.4, 0.5) is 10.7 Å². The number of benzene rings is 3. The molecule has 39 heavy (non-hydrogen) atoms. The second-order valence-corrected chi connectivity index (χ2v) is 12.2. The predicted molar refractivity (Wildman–Crippen MR) is 154 cm³/mol. The SMILES string of the molecule is CCOC(=O)c1c(-c2ccc(Cl)cc2)csc1NC(=O)c1cccc(S(=O)(=O)N2c3ccccc3C[C@@H]2C)c1. The minimum absolute atomic E-state index is 0.0114. The Morgan fingerprint density at radius 1 is 1.08 bits per heavy atom. The Bertz CT molecular complexity index is 1670. The van der Waals surface area contributed by atoms with E-state index in [4.69, 9.17) is 16.3 Å². The van der Waals surface area contributed by atoms with E-state index in [0.29, 0.717) is 27.7 Å². The molecule has 0 aliphatic carbocycles. The summed E-state index contributed by atoms with van der Waals surface area (Å²) in [6, 6.07) is 20.1.